The van der Waals surface area contributed by atoms with E-state index in [1.54, 1.807) is 24.1 Å². The van der Waals surface area contributed by atoms with Crippen LogP contribution in [0.25, 0.3) is 0 Å². The molecule has 0 radical (unpaired) electrons. The Morgan fingerprint density at radius 3 is 2.94 bits per heavy atom. The smallest absolute Gasteiger partial charge is 0.169 e. The molecule has 0 spiro atoms. The summed E-state index contributed by atoms with van der Waals surface area (Å²) >= 11 is 1.54. The minimum atomic E-state index is -0.0525. The van der Waals surface area contributed by atoms with Gasteiger partial charge in [0.2, 0.25) is 0 Å². The third-order valence-corrected chi connectivity index (χ3v) is 4.18. The minimum Gasteiger partial charge on any atom is -0.511 e. The Balaban J connectivity index is 1.89. The lowest BCUT2D eigenvalue weighted by Crippen LogP contribution is -2.21. The Kier molecular flexibility index (Phi) is 2.99. The van der Waals surface area contributed by atoms with Gasteiger partial charge in [0.25, 0.3) is 0 Å². The fraction of sp³-hybridized carbons (Fsp3) is 0.385. The fourth-order valence-electron chi connectivity index (χ4n) is 2.35. The minimum absolute atomic E-state index is 0.0340. The van der Waals surface area contributed by atoms with Crippen LogP contribution in [-0.4, -0.2) is 28.2 Å². The molecule has 94 valence electrons. The van der Waals surface area contributed by atoms with Crippen LogP contribution >= 0.6 is 11.8 Å². The SMILES string of the molecule is O=C1CC(c2ccco2)CC(O)=C1C1=NCCS1. The van der Waals surface area contributed by atoms with Crippen LogP contribution in [0.4, 0.5) is 0 Å². The van der Waals surface area contributed by atoms with Crippen molar-refractivity contribution in [1.82, 2.24) is 0 Å². The van der Waals surface area contributed by atoms with E-state index >= 15 is 0 Å². The number of rotatable bonds is 2. The lowest BCUT2D eigenvalue weighted by atomic mass is 9.86. The summed E-state index contributed by atoms with van der Waals surface area (Å²) in [4.78, 5) is 16.4. The summed E-state index contributed by atoms with van der Waals surface area (Å²) in [5.41, 5.74) is 0.431. The highest BCUT2D eigenvalue weighted by Crippen LogP contribution is 2.36. The topological polar surface area (TPSA) is 62.8 Å². The van der Waals surface area contributed by atoms with Crippen molar-refractivity contribution in [3.05, 3.63) is 35.5 Å². The van der Waals surface area contributed by atoms with Crippen LogP contribution in [0.3, 0.4) is 0 Å². The Bertz CT molecular complexity index is 530. The number of hydrogen-bond acceptors (Lipinski definition) is 5. The normalized spacial score (nSPS) is 24.6. The van der Waals surface area contributed by atoms with E-state index in [4.69, 9.17) is 4.42 Å². The molecule has 5 heteroatoms. The number of carbonyl (C=O) groups is 1. The third-order valence-electron chi connectivity index (χ3n) is 3.18. The first-order chi connectivity index (χ1) is 8.75. The van der Waals surface area contributed by atoms with Crippen molar-refractivity contribution in [2.75, 3.05) is 12.3 Å². The highest BCUT2D eigenvalue weighted by atomic mass is 32.2. The van der Waals surface area contributed by atoms with Gasteiger partial charge in [-0.1, -0.05) is 0 Å². The molecule has 2 aliphatic rings. The molecule has 1 aliphatic heterocycles. The molecule has 18 heavy (non-hydrogen) atoms. The van der Waals surface area contributed by atoms with E-state index in [2.05, 4.69) is 4.99 Å². The summed E-state index contributed by atoms with van der Waals surface area (Å²) in [5, 5.41) is 10.8. The Morgan fingerprint density at radius 1 is 1.44 bits per heavy atom. The van der Waals surface area contributed by atoms with Gasteiger partial charge in [-0.05, 0) is 12.1 Å². The summed E-state index contributed by atoms with van der Waals surface area (Å²) in [6, 6.07) is 3.64. The van der Waals surface area contributed by atoms with Crippen LogP contribution in [0.5, 0.6) is 0 Å². The number of thioether (sulfide) groups is 1. The Morgan fingerprint density at radius 2 is 2.33 bits per heavy atom. The zero-order chi connectivity index (χ0) is 12.5. The molecule has 1 aromatic heterocycles. The Labute approximate surface area is 109 Å². The van der Waals surface area contributed by atoms with E-state index in [-0.39, 0.29) is 17.5 Å². The van der Waals surface area contributed by atoms with Gasteiger partial charge in [0.15, 0.2) is 5.78 Å². The third kappa shape index (κ3) is 1.99. The predicted octanol–water partition coefficient (Wildman–Crippen LogP) is 2.68. The second kappa shape index (κ2) is 4.65. The van der Waals surface area contributed by atoms with Crippen molar-refractivity contribution >= 4 is 22.6 Å². The summed E-state index contributed by atoms with van der Waals surface area (Å²) in [7, 11) is 0. The largest absolute Gasteiger partial charge is 0.511 e. The molecule has 1 unspecified atom stereocenters. The second-order valence-electron chi connectivity index (χ2n) is 4.40. The molecule has 0 saturated carbocycles. The standard InChI is InChI=1S/C13H13NO3S/c15-9-6-8(11-2-1-4-17-11)7-10(16)12(9)13-14-3-5-18-13/h1-2,4,8,15H,3,5-7H2. The molecular weight excluding hydrogens is 250 g/mol. The number of aliphatic imine (C=N–C) groups is 1. The van der Waals surface area contributed by atoms with Crippen LogP contribution in [0.2, 0.25) is 0 Å². The van der Waals surface area contributed by atoms with Crippen molar-refractivity contribution in [3.8, 4) is 0 Å². The van der Waals surface area contributed by atoms with Gasteiger partial charge in [-0.25, -0.2) is 0 Å². The van der Waals surface area contributed by atoms with Crippen molar-refractivity contribution < 1.29 is 14.3 Å². The summed E-state index contributed by atoms with van der Waals surface area (Å²) < 4.78 is 5.31. The van der Waals surface area contributed by atoms with Crippen molar-refractivity contribution in [1.29, 1.82) is 0 Å². The monoisotopic (exact) mass is 263 g/mol. The molecule has 4 nitrogen and oxygen atoms in total. The van der Waals surface area contributed by atoms with Crippen molar-refractivity contribution in [2.24, 2.45) is 4.99 Å². The van der Waals surface area contributed by atoms with Gasteiger partial charge in [0, 0.05) is 31.1 Å². The van der Waals surface area contributed by atoms with Crippen molar-refractivity contribution in [3.63, 3.8) is 0 Å². The molecule has 2 heterocycles. The van der Waals surface area contributed by atoms with E-state index in [1.807, 2.05) is 6.07 Å². The fourth-order valence-corrected chi connectivity index (χ4v) is 3.28. The number of ketones is 1. The molecule has 0 bridgehead atoms. The highest BCUT2D eigenvalue weighted by molar-refractivity contribution is 8.14. The molecule has 1 atom stereocenters. The predicted molar refractivity (Wildman–Crippen MR) is 70.1 cm³/mol. The van der Waals surface area contributed by atoms with Crippen molar-refractivity contribution in [2.45, 2.75) is 18.8 Å². The molecule has 0 fully saturated rings. The molecule has 0 saturated heterocycles. The van der Waals surface area contributed by atoms with Gasteiger partial charge in [0.05, 0.1) is 11.8 Å². The molecule has 1 N–H and O–H groups in total. The lowest BCUT2D eigenvalue weighted by Gasteiger charge is -2.21. The maximum absolute atomic E-state index is 12.1. The van der Waals surface area contributed by atoms with Gasteiger partial charge in [-0.2, -0.15) is 0 Å². The molecule has 3 rings (SSSR count). The van der Waals surface area contributed by atoms with E-state index in [1.165, 1.54) is 0 Å². The van der Waals surface area contributed by atoms with E-state index in [0.717, 1.165) is 18.1 Å². The maximum atomic E-state index is 12.1. The maximum Gasteiger partial charge on any atom is 0.169 e. The van der Waals surface area contributed by atoms with Crippen LogP contribution in [0, 0.1) is 0 Å². The van der Waals surface area contributed by atoms with E-state index in [0.29, 0.717) is 23.5 Å². The summed E-state index contributed by atoms with van der Waals surface area (Å²) in [5.74, 6) is 1.72. The first kappa shape index (κ1) is 11.6. The second-order valence-corrected chi connectivity index (χ2v) is 5.48. The first-order valence-electron chi connectivity index (χ1n) is 5.92. The van der Waals surface area contributed by atoms with Crippen LogP contribution in [-0.2, 0) is 4.79 Å². The van der Waals surface area contributed by atoms with Gasteiger partial charge in [0.1, 0.15) is 16.6 Å². The van der Waals surface area contributed by atoms with Gasteiger partial charge in [-0.3, -0.25) is 9.79 Å². The quantitative estimate of drug-likeness (QED) is 0.891. The van der Waals surface area contributed by atoms with Crippen LogP contribution in [0.1, 0.15) is 24.5 Å². The van der Waals surface area contributed by atoms with Gasteiger partial charge in [-0.15, -0.1) is 11.8 Å². The number of nitrogens with zero attached hydrogens (tertiary/aromatic N) is 1. The van der Waals surface area contributed by atoms with Gasteiger partial charge < -0.3 is 9.52 Å². The summed E-state index contributed by atoms with van der Waals surface area (Å²) in [6.45, 7) is 0.728. The molecule has 0 amide bonds. The number of hydrogen-bond donors (Lipinski definition) is 1. The van der Waals surface area contributed by atoms with Crippen LogP contribution < -0.4 is 0 Å². The van der Waals surface area contributed by atoms with E-state index in [9.17, 15) is 9.90 Å². The number of furan rings is 1. The van der Waals surface area contributed by atoms with Gasteiger partial charge >= 0.3 is 0 Å². The van der Waals surface area contributed by atoms with Crippen LogP contribution in [0.15, 0.2) is 39.1 Å². The number of aliphatic hydroxyl groups is 1. The highest BCUT2D eigenvalue weighted by Gasteiger charge is 2.33. The number of allylic oxidation sites excluding steroid dienone is 1. The zero-order valence-electron chi connectivity index (χ0n) is 9.76. The molecular formula is C13H13NO3S. The average Bonchev–Trinajstić information content (AvgIpc) is 3.01. The number of aliphatic hydroxyl groups excluding tert-OH is 1. The number of carbonyl (C=O) groups excluding carboxylic acids is 1. The first-order valence-corrected chi connectivity index (χ1v) is 6.90. The van der Waals surface area contributed by atoms with E-state index < -0.39 is 0 Å². The molecule has 0 aromatic carbocycles. The molecule has 1 aromatic rings. The lowest BCUT2D eigenvalue weighted by molar-refractivity contribution is -0.116. The Hall–Kier alpha value is -1.49. The average molecular weight is 263 g/mol. The zero-order valence-corrected chi connectivity index (χ0v) is 10.6. The summed E-state index contributed by atoms with van der Waals surface area (Å²) in [6.07, 6.45) is 2.42. The molecule has 1 aliphatic carbocycles. The number of Topliss-reactive ketones (excluding diaryl/α,β-unsaturated/α-hetero) is 1.